The Hall–Kier alpha value is -1.51. The summed E-state index contributed by atoms with van der Waals surface area (Å²) < 4.78 is 39.3. The van der Waals surface area contributed by atoms with E-state index in [-0.39, 0.29) is 23.5 Å². The number of carbonyl (C=O) groups is 1. The minimum absolute atomic E-state index is 0.100. The molecule has 0 saturated carbocycles. The number of halogens is 1. The second-order valence-electron chi connectivity index (χ2n) is 4.13. The van der Waals surface area contributed by atoms with E-state index in [4.69, 9.17) is 5.73 Å². The summed E-state index contributed by atoms with van der Waals surface area (Å²) in [5, 5.41) is 2.54. The Kier molecular flexibility index (Phi) is 6.05. The molecule has 0 aliphatic heterocycles. The second-order valence-corrected chi connectivity index (χ2v) is 5.90. The first-order valence-corrected chi connectivity index (χ1v) is 7.64. The maximum Gasteiger partial charge on any atom is 0.241 e. The first-order valence-electron chi connectivity index (χ1n) is 6.15. The molecule has 1 rings (SSSR count). The Morgan fingerprint density at radius 3 is 2.70 bits per heavy atom. The highest BCUT2D eigenvalue weighted by molar-refractivity contribution is 7.89. The summed E-state index contributed by atoms with van der Waals surface area (Å²) in [6.45, 7) is 1.90. The lowest BCUT2D eigenvalue weighted by Crippen LogP contribution is -2.37. The van der Waals surface area contributed by atoms with E-state index in [1.165, 1.54) is 0 Å². The van der Waals surface area contributed by atoms with Crippen LogP contribution < -0.4 is 15.8 Å². The number of benzene rings is 1. The van der Waals surface area contributed by atoms with Gasteiger partial charge in [0.1, 0.15) is 5.82 Å². The highest BCUT2D eigenvalue weighted by atomic mass is 32.2. The van der Waals surface area contributed by atoms with Crippen molar-refractivity contribution in [3.63, 3.8) is 0 Å². The van der Waals surface area contributed by atoms with Crippen molar-refractivity contribution in [2.24, 2.45) is 5.73 Å². The molecule has 6 nitrogen and oxygen atoms in total. The van der Waals surface area contributed by atoms with E-state index in [1.54, 1.807) is 0 Å². The van der Waals surface area contributed by atoms with Crippen LogP contribution in [0.5, 0.6) is 0 Å². The lowest BCUT2D eigenvalue weighted by atomic mass is 10.2. The maximum absolute atomic E-state index is 13.3. The molecule has 112 valence electrons. The van der Waals surface area contributed by atoms with Gasteiger partial charge >= 0.3 is 0 Å². The Morgan fingerprint density at radius 2 is 2.10 bits per heavy atom. The van der Waals surface area contributed by atoms with Crippen LogP contribution in [0, 0.1) is 5.82 Å². The van der Waals surface area contributed by atoms with Gasteiger partial charge in [0.25, 0.3) is 0 Å². The summed E-state index contributed by atoms with van der Waals surface area (Å²) in [5.74, 6) is -0.983. The minimum atomic E-state index is -3.86. The van der Waals surface area contributed by atoms with Gasteiger partial charge in [0.15, 0.2) is 0 Å². The first kappa shape index (κ1) is 16.5. The molecule has 20 heavy (non-hydrogen) atoms. The zero-order valence-corrected chi connectivity index (χ0v) is 12.0. The lowest BCUT2D eigenvalue weighted by Gasteiger charge is -2.08. The summed E-state index contributed by atoms with van der Waals surface area (Å²) in [6.07, 6.45) is 0.760. The van der Waals surface area contributed by atoms with Gasteiger partial charge in [-0.05, 0) is 24.6 Å². The van der Waals surface area contributed by atoms with E-state index in [9.17, 15) is 17.6 Å². The molecule has 0 unspecified atom stereocenters. The number of sulfonamides is 1. The van der Waals surface area contributed by atoms with Crippen LogP contribution in [-0.2, 0) is 21.4 Å². The van der Waals surface area contributed by atoms with Crippen molar-refractivity contribution in [1.82, 2.24) is 10.0 Å². The molecule has 0 aliphatic rings. The fourth-order valence-corrected chi connectivity index (χ4v) is 2.48. The molecule has 0 spiro atoms. The van der Waals surface area contributed by atoms with E-state index in [1.807, 2.05) is 6.92 Å². The molecule has 1 amide bonds. The summed E-state index contributed by atoms with van der Waals surface area (Å²) >= 11 is 0. The summed E-state index contributed by atoms with van der Waals surface area (Å²) in [6, 6.07) is 3.32. The molecule has 0 atom stereocenters. The zero-order valence-electron chi connectivity index (χ0n) is 11.1. The monoisotopic (exact) mass is 303 g/mol. The molecule has 0 aromatic heterocycles. The van der Waals surface area contributed by atoms with Crippen LogP contribution in [-0.4, -0.2) is 27.4 Å². The largest absolute Gasteiger partial charge is 0.355 e. The van der Waals surface area contributed by atoms with Crippen LogP contribution in [0.15, 0.2) is 23.1 Å². The molecule has 1 aromatic rings. The van der Waals surface area contributed by atoms with Gasteiger partial charge in [-0.15, -0.1) is 0 Å². The summed E-state index contributed by atoms with van der Waals surface area (Å²) in [7, 11) is -3.86. The predicted octanol–water partition coefficient (Wildman–Crippen LogP) is 0.0889. The standard InChI is InChI=1S/C12H18FN3O3S/c1-2-5-15-12(17)8-16-20(18,19)10-3-4-11(13)9(6-10)7-14/h3-4,6,16H,2,5,7-8,14H2,1H3,(H,15,17). The lowest BCUT2D eigenvalue weighted by molar-refractivity contribution is -0.119. The molecule has 0 heterocycles. The van der Waals surface area contributed by atoms with Gasteiger partial charge < -0.3 is 11.1 Å². The predicted molar refractivity (Wildman–Crippen MR) is 72.8 cm³/mol. The summed E-state index contributed by atoms with van der Waals surface area (Å²) in [5.41, 5.74) is 5.42. The average Bonchev–Trinajstić information content (AvgIpc) is 2.43. The Balaban J connectivity index is 2.76. The number of carbonyl (C=O) groups excluding carboxylic acids is 1. The molecule has 4 N–H and O–H groups in total. The number of hydrogen-bond acceptors (Lipinski definition) is 4. The third-order valence-electron chi connectivity index (χ3n) is 2.54. The van der Waals surface area contributed by atoms with Crippen molar-refractivity contribution >= 4 is 15.9 Å². The second kappa shape index (κ2) is 7.32. The molecule has 0 radical (unpaired) electrons. The Bertz CT molecular complexity index is 575. The SMILES string of the molecule is CCCNC(=O)CNS(=O)(=O)c1ccc(F)c(CN)c1. The molecule has 0 saturated heterocycles. The van der Waals surface area contributed by atoms with E-state index in [0.717, 1.165) is 24.6 Å². The van der Waals surface area contributed by atoms with Gasteiger partial charge in [-0.2, -0.15) is 0 Å². The zero-order chi connectivity index (χ0) is 15.2. The quantitative estimate of drug-likeness (QED) is 0.664. The molecule has 0 bridgehead atoms. The average molecular weight is 303 g/mol. The number of nitrogens with two attached hydrogens (primary N) is 1. The number of hydrogen-bond donors (Lipinski definition) is 3. The van der Waals surface area contributed by atoms with Gasteiger partial charge in [0.2, 0.25) is 15.9 Å². The van der Waals surface area contributed by atoms with E-state index in [2.05, 4.69) is 10.0 Å². The molecule has 0 fully saturated rings. The maximum atomic E-state index is 13.3. The first-order chi connectivity index (χ1) is 9.40. The third-order valence-corrected chi connectivity index (χ3v) is 3.94. The fraction of sp³-hybridized carbons (Fsp3) is 0.417. The van der Waals surface area contributed by atoms with Crippen LogP contribution in [0.4, 0.5) is 4.39 Å². The van der Waals surface area contributed by atoms with Crippen LogP contribution in [0.25, 0.3) is 0 Å². The molecular formula is C12H18FN3O3S. The van der Waals surface area contributed by atoms with E-state index < -0.39 is 21.7 Å². The van der Waals surface area contributed by atoms with Crippen molar-refractivity contribution in [2.75, 3.05) is 13.1 Å². The fourth-order valence-electron chi connectivity index (χ4n) is 1.45. The van der Waals surface area contributed by atoms with Gasteiger partial charge in [0, 0.05) is 18.7 Å². The van der Waals surface area contributed by atoms with E-state index in [0.29, 0.717) is 6.54 Å². The number of nitrogens with one attached hydrogen (secondary N) is 2. The van der Waals surface area contributed by atoms with Crippen LogP contribution in [0.2, 0.25) is 0 Å². The van der Waals surface area contributed by atoms with E-state index >= 15 is 0 Å². The third kappa shape index (κ3) is 4.55. The van der Waals surface area contributed by atoms with Crippen molar-refractivity contribution in [2.45, 2.75) is 24.8 Å². The van der Waals surface area contributed by atoms with Gasteiger partial charge in [-0.3, -0.25) is 4.79 Å². The van der Waals surface area contributed by atoms with Crippen molar-refractivity contribution in [3.05, 3.63) is 29.6 Å². The van der Waals surface area contributed by atoms with Crippen molar-refractivity contribution in [3.8, 4) is 0 Å². The van der Waals surface area contributed by atoms with Crippen LogP contribution in [0.3, 0.4) is 0 Å². The highest BCUT2D eigenvalue weighted by Crippen LogP contribution is 2.14. The van der Waals surface area contributed by atoms with Crippen molar-refractivity contribution < 1.29 is 17.6 Å². The smallest absolute Gasteiger partial charge is 0.241 e. The topological polar surface area (TPSA) is 101 Å². The minimum Gasteiger partial charge on any atom is -0.355 e. The van der Waals surface area contributed by atoms with Gasteiger partial charge in [0.05, 0.1) is 11.4 Å². The molecule has 1 aromatic carbocycles. The summed E-state index contributed by atoms with van der Waals surface area (Å²) in [4.78, 5) is 11.2. The van der Waals surface area contributed by atoms with Gasteiger partial charge in [-0.1, -0.05) is 6.92 Å². The molecule has 0 aliphatic carbocycles. The van der Waals surface area contributed by atoms with Crippen LogP contribution in [0.1, 0.15) is 18.9 Å². The Morgan fingerprint density at radius 1 is 1.40 bits per heavy atom. The molecular weight excluding hydrogens is 285 g/mol. The van der Waals surface area contributed by atoms with Gasteiger partial charge in [-0.25, -0.2) is 17.5 Å². The van der Waals surface area contributed by atoms with Crippen LogP contribution >= 0.6 is 0 Å². The molecule has 8 heteroatoms. The highest BCUT2D eigenvalue weighted by Gasteiger charge is 2.17. The van der Waals surface area contributed by atoms with Crippen molar-refractivity contribution in [1.29, 1.82) is 0 Å². The Labute approximate surface area is 117 Å². The number of amides is 1. The number of rotatable bonds is 7. The normalized spacial score (nSPS) is 11.3.